The van der Waals surface area contributed by atoms with Crippen LogP contribution in [-0.2, 0) is 4.74 Å². The summed E-state index contributed by atoms with van der Waals surface area (Å²) in [6.07, 6.45) is 3.74. The van der Waals surface area contributed by atoms with Gasteiger partial charge in [0.15, 0.2) is 0 Å². The van der Waals surface area contributed by atoms with E-state index in [0.29, 0.717) is 12.5 Å². The zero-order valence-corrected chi connectivity index (χ0v) is 10.7. The lowest BCUT2D eigenvalue weighted by Crippen LogP contribution is -2.58. The Balaban J connectivity index is 2.60. The summed E-state index contributed by atoms with van der Waals surface area (Å²) in [6.45, 7) is 4.52. The molecule has 4 N–H and O–H groups in total. The van der Waals surface area contributed by atoms with Gasteiger partial charge < -0.3 is 15.8 Å². The molecule has 5 heteroatoms. The summed E-state index contributed by atoms with van der Waals surface area (Å²) in [4.78, 5) is 11.6. The van der Waals surface area contributed by atoms with Gasteiger partial charge in [-0.15, -0.1) is 0 Å². The standard InChI is InChI=1S/C12H23N3O2/c1-3-8-17-11(16)15-12(10(13)14)6-4-9(2)5-7-12/h9H,3-8H2,1-2H3,(H3,13,14)(H,15,16). The second-order valence-electron chi connectivity index (χ2n) is 4.94. The van der Waals surface area contributed by atoms with Crippen molar-refractivity contribution in [2.75, 3.05) is 6.61 Å². The average Bonchev–Trinajstić information content (AvgIpc) is 2.29. The summed E-state index contributed by atoms with van der Waals surface area (Å²) in [7, 11) is 0. The lowest BCUT2D eigenvalue weighted by atomic mass is 9.76. The highest BCUT2D eigenvalue weighted by atomic mass is 16.5. The Labute approximate surface area is 103 Å². The molecule has 0 bridgehead atoms. The molecule has 0 unspecified atom stereocenters. The fourth-order valence-electron chi connectivity index (χ4n) is 2.14. The predicted molar refractivity (Wildman–Crippen MR) is 67.1 cm³/mol. The number of nitrogens with two attached hydrogens (primary N) is 1. The maximum Gasteiger partial charge on any atom is 0.407 e. The third-order valence-corrected chi connectivity index (χ3v) is 3.42. The fraction of sp³-hybridized carbons (Fsp3) is 0.833. The summed E-state index contributed by atoms with van der Waals surface area (Å²) >= 11 is 0. The van der Waals surface area contributed by atoms with Gasteiger partial charge in [-0.1, -0.05) is 13.8 Å². The van der Waals surface area contributed by atoms with Gasteiger partial charge in [0.1, 0.15) is 11.4 Å². The molecule has 1 fully saturated rings. The van der Waals surface area contributed by atoms with Gasteiger partial charge in [-0.05, 0) is 38.0 Å². The minimum atomic E-state index is -0.683. The Morgan fingerprint density at radius 2 is 2.12 bits per heavy atom. The van der Waals surface area contributed by atoms with Gasteiger partial charge >= 0.3 is 6.09 Å². The van der Waals surface area contributed by atoms with Crippen LogP contribution in [0.1, 0.15) is 46.0 Å². The molecular formula is C12H23N3O2. The fourth-order valence-corrected chi connectivity index (χ4v) is 2.14. The molecule has 98 valence electrons. The van der Waals surface area contributed by atoms with E-state index in [1.165, 1.54) is 0 Å². The van der Waals surface area contributed by atoms with Crippen molar-refractivity contribution >= 4 is 11.9 Å². The van der Waals surface area contributed by atoms with E-state index in [2.05, 4.69) is 12.2 Å². The Morgan fingerprint density at radius 1 is 1.53 bits per heavy atom. The first-order chi connectivity index (χ1) is 8.00. The second-order valence-corrected chi connectivity index (χ2v) is 4.94. The zero-order valence-electron chi connectivity index (χ0n) is 10.7. The van der Waals surface area contributed by atoms with E-state index in [0.717, 1.165) is 32.1 Å². The zero-order chi connectivity index (χ0) is 12.9. The summed E-state index contributed by atoms with van der Waals surface area (Å²) in [6, 6.07) is 0. The van der Waals surface area contributed by atoms with Crippen LogP contribution in [0.4, 0.5) is 4.79 Å². The molecule has 0 spiro atoms. The van der Waals surface area contributed by atoms with Gasteiger partial charge in [-0.3, -0.25) is 5.41 Å². The first kappa shape index (κ1) is 13.8. The first-order valence-electron chi connectivity index (χ1n) is 6.29. The number of hydrogen-bond acceptors (Lipinski definition) is 3. The summed E-state index contributed by atoms with van der Waals surface area (Å²) in [5, 5.41) is 10.5. The third kappa shape index (κ3) is 3.61. The SMILES string of the molecule is CCCOC(=O)NC1(C(=N)N)CCC(C)CC1. The quantitative estimate of drug-likeness (QED) is 0.519. The first-order valence-corrected chi connectivity index (χ1v) is 6.29. The van der Waals surface area contributed by atoms with Crippen molar-refractivity contribution in [1.82, 2.24) is 5.32 Å². The van der Waals surface area contributed by atoms with Crippen LogP contribution in [0.5, 0.6) is 0 Å². The van der Waals surface area contributed by atoms with Crippen molar-refractivity contribution in [2.45, 2.75) is 51.5 Å². The molecule has 0 aromatic heterocycles. The van der Waals surface area contributed by atoms with E-state index in [4.69, 9.17) is 15.9 Å². The monoisotopic (exact) mass is 241 g/mol. The highest BCUT2D eigenvalue weighted by Gasteiger charge is 2.38. The molecule has 0 aromatic rings. The van der Waals surface area contributed by atoms with Crippen LogP contribution in [0.3, 0.4) is 0 Å². The number of carbonyl (C=O) groups is 1. The number of amidine groups is 1. The minimum Gasteiger partial charge on any atom is -0.450 e. The predicted octanol–water partition coefficient (Wildman–Crippen LogP) is 2.01. The highest BCUT2D eigenvalue weighted by Crippen LogP contribution is 2.31. The lowest BCUT2D eigenvalue weighted by molar-refractivity contribution is 0.131. The molecule has 0 saturated heterocycles. The number of hydrogen-bond donors (Lipinski definition) is 3. The highest BCUT2D eigenvalue weighted by molar-refractivity contribution is 5.90. The van der Waals surface area contributed by atoms with E-state index in [1.54, 1.807) is 0 Å². The van der Waals surface area contributed by atoms with E-state index in [9.17, 15) is 4.79 Å². The van der Waals surface area contributed by atoms with Crippen molar-refractivity contribution in [1.29, 1.82) is 5.41 Å². The normalized spacial score (nSPS) is 28.5. The van der Waals surface area contributed by atoms with Crippen molar-refractivity contribution in [3.8, 4) is 0 Å². The molecule has 5 nitrogen and oxygen atoms in total. The molecule has 1 saturated carbocycles. The topological polar surface area (TPSA) is 88.2 Å². The van der Waals surface area contributed by atoms with Gasteiger partial charge in [0.25, 0.3) is 0 Å². The van der Waals surface area contributed by atoms with Crippen LogP contribution in [0, 0.1) is 11.3 Å². The summed E-state index contributed by atoms with van der Waals surface area (Å²) < 4.78 is 4.99. The molecule has 1 amide bonds. The Morgan fingerprint density at radius 3 is 2.59 bits per heavy atom. The van der Waals surface area contributed by atoms with E-state index in [1.807, 2.05) is 6.92 Å². The van der Waals surface area contributed by atoms with E-state index < -0.39 is 11.6 Å². The smallest absolute Gasteiger partial charge is 0.407 e. The second kappa shape index (κ2) is 5.89. The van der Waals surface area contributed by atoms with Gasteiger partial charge in [-0.2, -0.15) is 0 Å². The number of alkyl carbamates (subject to hydrolysis) is 1. The maximum absolute atomic E-state index is 11.6. The number of nitrogens with one attached hydrogen (secondary N) is 2. The van der Waals surface area contributed by atoms with Crippen molar-refractivity contribution < 1.29 is 9.53 Å². The van der Waals surface area contributed by atoms with Crippen LogP contribution >= 0.6 is 0 Å². The number of rotatable bonds is 4. The van der Waals surface area contributed by atoms with Crippen LogP contribution in [-0.4, -0.2) is 24.1 Å². The van der Waals surface area contributed by atoms with Gasteiger partial charge in [0.05, 0.1) is 6.61 Å². The Kier molecular flexibility index (Phi) is 4.78. The van der Waals surface area contributed by atoms with Crippen LogP contribution < -0.4 is 11.1 Å². The van der Waals surface area contributed by atoms with Gasteiger partial charge in [0.2, 0.25) is 0 Å². The molecule has 0 aliphatic heterocycles. The van der Waals surface area contributed by atoms with Gasteiger partial charge in [0, 0.05) is 0 Å². The Hall–Kier alpha value is -1.26. The third-order valence-electron chi connectivity index (χ3n) is 3.42. The van der Waals surface area contributed by atoms with Crippen molar-refractivity contribution in [3.63, 3.8) is 0 Å². The molecule has 0 heterocycles. The lowest BCUT2D eigenvalue weighted by Gasteiger charge is -2.38. The summed E-state index contributed by atoms with van der Waals surface area (Å²) in [5.41, 5.74) is 4.95. The molecule has 17 heavy (non-hydrogen) atoms. The van der Waals surface area contributed by atoms with E-state index in [-0.39, 0.29) is 5.84 Å². The largest absolute Gasteiger partial charge is 0.450 e. The van der Waals surface area contributed by atoms with Crippen LogP contribution in [0.15, 0.2) is 0 Å². The number of carbonyl (C=O) groups excluding carboxylic acids is 1. The molecule has 1 aliphatic carbocycles. The molecule has 1 rings (SSSR count). The average molecular weight is 241 g/mol. The number of amides is 1. The number of ether oxygens (including phenoxy) is 1. The molecule has 0 atom stereocenters. The van der Waals surface area contributed by atoms with Crippen LogP contribution in [0.25, 0.3) is 0 Å². The van der Waals surface area contributed by atoms with E-state index >= 15 is 0 Å². The minimum absolute atomic E-state index is 0.0397. The molecular weight excluding hydrogens is 218 g/mol. The molecule has 1 aliphatic rings. The maximum atomic E-state index is 11.6. The molecule has 0 aromatic carbocycles. The van der Waals surface area contributed by atoms with Crippen LogP contribution in [0.2, 0.25) is 0 Å². The Bertz CT molecular complexity index is 283. The summed E-state index contributed by atoms with van der Waals surface area (Å²) in [5.74, 6) is 0.675. The molecule has 0 radical (unpaired) electrons. The van der Waals surface area contributed by atoms with Gasteiger partial charge in [-0.25, -0.2) is 4.79 Å². The van der Waals surface area contributed by atoms with Crippen molar-refractivity contribution in [2.24, 2.45) is 11.7 Å². The van der Waals surface area contributed by atoms with Crippen molar-refractivity contribution in [3.05, 3.63) is 0 Å².